The fourth-order valence-corrected chi connectivity index (χ4v) is 2.86. The van der Waals surface area contributed by atoms with Crippen molar-refractivity contribution in [3.63, 3.8) is 0 Å². The number of halogens is 1. The van der Waals surface area contributed by atoms with Crippen molar-refractivity contribution in [3.05, 3.63) is 59.4 Å². The number of benzene rings is 2. The number of carboxylic acid groups (broad SMARTS) is 1. The Balaban J connectivity index is 1.50. The number of nitrogens with one attached hydrogen (secondary N) is 1. The molecule has 0 aromatic heterocycles. The number of hydrogen-bond acceptors (Lipinski definition) is 4. The van der Waals surface area contributed by atoms with Crippen LogP contribution in [0.3, 0.4) is 0 Å². The molecule has 7 heteroatoms. The molecular formula is C20H20FNO5. The van der Waals surface area contributed by atoms with E-state index in [2.05, 4.69) is 5.32 Å². The van der Waals surface area contributed by atoms with Gasteiger partial charge in [-0.1, -0.05) is 6.07 Å². The number of fused-ring (bicyclic) bond motifs is 1. The van der Waals surface area contributed by atoms with Gasteiger partial charge in [-0.05, 0) is 53.9 Å². The van der Waals surface area contributed by atoms with Crippen LogP contribution in [0, 0.1) is 5.82 Å². The van der Waals surface area contributed by atoms with E-state index in [1.54, 1.807) is 18.2 Å². The Kier molecular flexibility index (Phi) is 5.90. The lowest BCUT2D eigenvalue weighted by molar-refractivity contribution is -0.142. The van der Waals surface area contributed by atoms with Gasteiger partial charge in [0.2, 0.25) is 5.91 Å². The summed E-state index contributed by atoms with van der Waals surface area (Å²) in [5, 5.41) is 12.0. The van der Waals surface area contributed by atoms with E-state index < -0.39 is 12.0 Å². The highest BCUT2D eigenvalue weighted by molar-refractivity contribution is 5.84. The second kappa shape index (κ2) is 8.53. The Morgan fingerprint density at radius 1 is 1.22 bits per heavy atom. The molecule has 142 valence electrons. The van der Waals surface area contributed by atoms with E-state index in [0.717, 1.165) is 17.7 Å². The van der Waals surface area contributed by atoms with Crippen molar-refractivity contribution >= 4 is 11.9 Å². The minimum Gasteiger partial charge on any atom is -0.494 e. The number of carboxylic acids is 1. The molecule has 0 aliphatic carbocycles. The zero-order valence-electron chi connectivity index (χ0n) is 14.6. The topological polar surface area (TPSA) is 84.9 Å². The number of carbonyl (C=O) groups is 2. The van der Waals surface area contributed by atoms with Crippen LogP contribution in [0.25, 0.3) is 0 Å². The maximum atomic E-state index is 12.8. The quantitative estimate of drug-likeness (QED) is 0.695. The first kappa shape index (κ1) is 18.7. The maximum Gasteiger partial charge on any atom is 0.330 e. The van der Waals surface area contributed by atoms with Gasteiger partial charge in [0, 0.05) is 12.8 Å². The summed E-state index contributed by atoms with van der Waals surface area (Å²) in [5.74, 6) is -0.570. The van der Waals surface area contributed by atoms with Crippen molar-refractivity contribution < 1.29 is 28.6 Å². The highest BCUT2D eigenvalue weighted by atomic mass is 19.1. The van der Waals surface area contributed by atoms with Crippen LogP contribution in [-0.4, -0.2) is 30.2 Å². The van der Waals surface area contributed by atoms with Gasteiger partial charge in [-0.15, -0.1) is 0 Å². The summed E-state index contributed by atoms with van der Waals surface area (Å²) in [6.07, 6.45) is 1.26. The molecule has 3 rings (SSSR count). The van der Waals surface area contributed by atoms with Gasteiger partial charge in [0.15, 0.2) is 6.04 Å². The molecular weight excluding hydrogens is 353 g/mol. The van der Waals surface area contributed by atoms with Crippen molar-refractivity contribution in [1.82, 2.24) is 5.32 Å². The predicted octanol–water partition coefficient (Wildman–Crippen LogP) is 2.86. The molecule has 1 unspecified atom stereocenters. The lowest BCUT2D eigenvalue weighted by Gasteiger charge is -2.16. The Bertz CT molecular complexity index is 822. The van der Waals surface area contributed by atoms with Crippen LogP contribution < -0.4 is 14.8 Å². The minimum absolute atomic E-state index is 0.124. The lowest BCUT2D eigenvalue weighted by atomic mass is 10.0. The number of aliphatic carboxylic acids is 1. The SMILES string of the molecule is O=C(CCCOc1ccc(F)cc1)NC(C(=O)O)c1ccc2c(c1)CCO2. The van der Waals surface area contributed by atoms with E-state index in [1.165, 1.54) is 24.3 Å². The Labute approximate surface area is 155 Å². The van der Waals surface area contributed by atoms with Gasteiger partial charge in [0.25, 0.3) is 0 Å². The summed E-state index contributed by atoms with van der Waals surface area (Å²) in [6, 6.07) is 9.64. The van der Waals surface area contributed by atoms with E-state index in [4.69, 9.17) is 9.47 Å². The maximum absolute atomic E-state index is 12.8. The molecule has 2 aromatic carbocycles. The zero-order valence-corrected chi connectivity index (χ0v) is 14.6. The summed E-state index contributed by atoms with van der Waals surface area (Å²) >= 11 is 0. The third-order valence-corrected chi connectivity index (χ3v) is 4.23. The van der Waals surface area contributed by atoms with Crippen LogP contribution >= 0.6 is 0 Å². The molecule has 0 saturated carbocycles. The Morgan fingerprint density at radius 3 is 2.74 bits per heavy atom. The van der Waals surface area contributed by atoms with Crippen LogP contribution in [0.15, 0.2) is 42.5 Å². The Hall–Kier alpha value is -3.09. The largest absolute Gasteiger partial charge is 0.494 e. The van der Waals surface area contributed by atoms with E-state index in [9.17, 15) is 19.1 Å². The summed E-state index contributed by atoms with van der Waals surface area (Å²) in [6.45, 7) is 0.851. The van der Waals surface area contributed by atoms with Crippen molar-refractivity contribution in [1.29, 1.82) is 0 Å². The van der Waals surface area contributed by atoms with Gasteiger partial charge in [0.1, 0.15) is 17.3 Å². The van der Waals surface area contributed by atoms with Gasteiger partial charge < -0.3 is 19.9 Å². The monoisotopic (exact) mass is 373 g/mol. The molecule has 1 aliphatic heterocycles. The third-order valence-electron chi connectivity index (χ3n) is 4.23. The Morgan fingerprint density at radius 2 is 2.00 bits per heavy atom. The molecule has 27 heavy (non-hydrogen) atoms. The first-order valence-electron chi connectivity index (χ1n) is 8.69. The van der Waals surface area contributed by atoms with Gasteiger partial charge in [-0.25, -0.2) is 9.18 Å². The molecule has 1 amide bonds. The molecule has 1 heterocycles. The summed E-state index contributed by atoms with van der Waals surface area (Å²) in [4.78, 5) is 23.7. The van der Waals surface area contributed by atoms with Crippen molar-refractivity contribution in [2.75, 3.05) is 13.2 Å². The summed E-state index contributed by atoms with van der Waals surface area (Å²) in [7, 11) is 0. The van der Waals surface area contributed by atoms with Gasteiger partial charge in [0.05, 0.1) is 13.2 Å². The van der Waals surface area contributed by atoms with E-state index in [0.29, 0.717) is 24.3 Å². The highest BCUT2D eigenvalue weighted by Crippen LogP contribution is 2.28. The van der Waals surface area contributed by atoms with E-state index >= 15 is 0 Å². The van der Waals surface area contributed by atoms with Crippen LogP contribution in [0.2, 0.25) is 0 Å². The minimum atomic E-state index is -1.12. The molecule has 0 fully saturated rings. The van der Waals surface area contributed by atoms with Gasteiger partial charge in [-0.3, -0.25) is 4.79 Å². The molecule has 2 N–H and O–H groups in total. The van der Waals surface area contributed by atoms with Gasteiger partial charge in [-0.2, -0.15) is 0 Å². The first-order valence-corrected chi connectivity index (χ1v) is 8.69. The third kappa shape index (κ3) is 4.97. The predicted molar refractivity (Wildman–Crippen MR) is 95.3 cm³/mol. The fourth-order valence-electron chi connectivity index (χ4n) is 2.86. The molecule has 0 saturated heterocycles. The highest BCUT2D eigenvalue weighted by Gasteiger charge is 2.24. The molecule has 0 radical (unpaired) electrons. The second-order valence-corrected chi connectivity index (χ2v) is 6.21. The molecule has 1 aliphatic rings. The standard InChI is InChI=1S/C20H20FNO5/c21-15-4-6-16(7-5-15)26-10-1-2-18(23)22-19(20(24)25)14-3-8-17-13(12-14)9-11-27-17/h3-8,12,19H,1-2,9-11H2,(H,22,23)(H,24,25). The van der Waals surface area contributed by atoms with Crippen molar-refractivity contribution in [2.45, 2.75) is 25.3 Å². The first-order chi connectivity index (χ1) is 13.0. The van der Waals surface area contributed by atoms with Crippen LogP contribution in [0.1, 0.15) is 30.0 Å². The average molecular weight is 373 g/mol. The number of hydrogen-bond donors (Lipinski definition) is 2. The van der Waals surface area contributed by atoms with Crippen LogP contribution in [0.5, 0.6) is 11.5 Å². The lowest BCUT2D eigenvalue weighted by Crippen LogP contribution is -2.33. The molecule has 0 bridgehead atoms. The van der Waals surface area contributed by atoms with Crippen LogP contribution in [-0.2, 0) is 16.0 Å². The number of carbonyl (C=O) groups excluding carboxylic acids is 1. The molecule has 1 atom stereocenters. The number of amides is 1. The van der Waals surface area contributed by atoms with Crippen molar-refractivity contribution in [2.24, 2.45) is 0 Å². The fraction of sp³-hybridized carbons (Fsp3) is 0.300. The van der Waals surface area contributed by atoms with E-state index in [1.807, 2.05) is 0 Å². The van der Waals surface area contributed by atoms with Crippen molar-refractivity contribution in [3.8, 4) is 11.5 Å². The number of rotatable bonds is 8. The van der Waals surface area contributed by atoms with Gasteiger partial charge >= 0.3 is 5.97 Å². The zero-order chi connectivity index (χ0) is 19.2. The van der Waals surface area contributed by atoms with Crippen LogP contribution in [0.4, 0.5) is 4.39 Å². The molecule has 2 aromatic rings. The molecule has 6 nitrogen and oxygen atoms in total. The molecule has 0 spiro atoms. The average Bonchev–Trinajstić information content (AvgIpc) is 3.12. The summed E-state index contributed by atoms with van der Waals surface area (Å²) < 4.78 is 23.7. The number of ether oxygens (including phenoxy) is 2. The normalized spacial score (nSPS) is 13.4. The smallest absolute Gasteiger partial charge is 0.330 e. The summed E-state index contributed by atoms with van der Waals surface area (Å²) in [5.41, 5.74) is 1.46. The second-order valence-electron chi connectivity index (χ2n) is 6.21. The van der Waals surface area contributed by atoms with E-state index in [-0.39, 0.29) is 24.8 Å².